The van der Waals surface area contributed by atoms with Crippen molar-refractivity contribution < 1.29 is 23.8 Å². The highest BCUT2D eigenvalue weighted by Crippen LogP contribution is 2.33. The first kappa shape index (κ1) is 17.0. The van der Waals surface area contributed by atoms with Crippen LogP contribution in [0, 0.1) is 0 Å². The number of carbonyl (C=O) groups excluding carboxylic acids is 2. The number of H-pyrrole nitrogens is 1. The predicted molar refractivity (Wildman–Crippen MR) is 98.2 cm³/mol. The lowest BCUT2D eigenvalue weighted by Gasteiger charge is -2.06. The number of pyridine rings is 1. The molecule has 4 aromatic rings. The zero-order chi connectivity index (χ0) is 19.0. The third-order valence-electron chi connectivity index (χ3n) is 4.16. The van der Waals surface area contributed by atoms with Gasteiger partial charge in [-0.2, -0.15) is 0 Å². The third kappa shape index (κ3) is 3.09. The summed E-state index contributed by atoms with van der Waals surface area (Å²) >= 11 is 0. The molecule has 4 rings (SSSR count). The van der Waals surface area contributed by atoms with Crippen LogP contribution in [0.1, 0.15) is 23.2 Å². The van der Waals surface area contributed by atoms with E-state index in [0.717, 1.165) is 16.3 Å². The minimum Gasteiger partial charge on any atom is -0.457 e. The number of Topliss-reactive ketones (excluding diaryl/α,β-unsaturated/α-hetero) is 1. The molecular weight excluding hydrogens is 348 g/mol. The maximum Gasteiger partial charge on any atom is 0.357 e. The van der Waals surface area contributed by atoms with Crippen molar-refractivity contribution in [1.29, 1.82) is 0 Å². The van der Waals surface area contributed by atoms with Gasteiger partial charge in [0.15, 0.2) is 11.5 Å². The Balaban J connectivity index is 1.93. The molecule has 0 fully saturated rings. The zero-order valence-electron chi connectivity index (χ0n) is 14.5. The van der Waals surface area contributed by atoms with Gasteiger partial charge in [0.2, 0.25) is 0 Å². The Morgan fingerprint density at radius 3 is 2.74 bits per heavy atom. The van der Waals surface area contributed by atoms with Crippen LogP contribution in [-0.2, 0) is 16.1 Å². The average molecular weight is 364 g/mol. The third-order valence-corrected chi connectivity index (χ3v) is 4.16. The molecule has 27 heavy (non-hydrogen) atoms. The summed E-state index contributed by atoms with van der Waals surface area (Å²) in [5, 5.41) is 11.0. The molecule has 0 saturated carbocycles. The molecule has 7 nitrogen and oxygen atoms in total. The fourth-order valence-electron chi connectivity index (χ4n) is 2.96. The number of carbonyl (C=O) groups is 2. The number of aromatic nitrogens is 2. The van der Waals surface area contributed by atoms with Crippen LogP contribution in [-0.4, -0.2) is 33.4 Å². The van der Waals surface area contributed by atoms with E-state index in [0.29, 0.717) is 22.7 Å². The molecule has 0 aliphatic carbocycles. The summed E-state index contributed by atoms with van der Waals surface area (Å²) < 4.78 is 10.6. The van der Waals surface area contributed by atoms with Crippen molar-refractivity contribution in [2.75, 3.05) is 6.61 Å². The topological polar surface area (TPSA) is 105 Å². The number of ether oxygens (including phenoxy) is 1. The molecule has 0 amide bonds. The number of ketones is 1. The van der Waals surface area contributed by atoms with E-state index in [2.05, 4.69) is 9.97 Å². The van der Waals surface area contributed by atoms with Crippen LogP contribution >= 0.6 is 0 Å². The molecular formula is C20H16N2O5. The summed E-state index contributed by atoms with van der Waals surface area (Å²) in [6.45, 7) is 0.793. The summed E-state index contributed by atoms with van der Waals surface area (Å²) in [6, 6.07) is 12.6. The number of esters is 1. The van der Waals surface area contributed by atoms with Crippen LogP contribution < -0.4 is 0 Å². The largest absolute Gasteiger partial charge is 0.457 e. The molecule has 0 unspecified atom stereocenters. The van der Waals surface area contributed by atoms with E-state index < -0.39 is 5.97 Å². The maximum atomic E-state index is 12.4. The molecule has 7 heteroatoms. The Hall–Kier alpha value is -3.45. The molecule has 0 aliphatic heterocycles. The number of aliphatic hydroxyl groups is 1. The normalized spacial score (nSPS) is 11.2. The average Bonchev–Trinajstić information content (AvgIpc) is 3.29. The second-order valence-corrected chi connectivity index (χ2v) is 6.15. The van der Waals surface area contributed by atoms with Crippen LogP contribution in [0.3, 0.4) is 0 Å². The highest BCUT2D eigenvalue weighted by Gasteiger charge is 2.20. The standard InChI is InChI=1S/C20H16N2O5/c1-11(24)10-26-20(25)16-8-14-13-4-2-3-5-15(13)21-18(14)19(22-16)17-7-6-12(9-23)27-17/h2-8,21,23H,9-10H2,1H3. The Kier molecular flexibility index (Phi) is 4.21. The van der Waals surface area contributed by atoms with Gasteiger partial charge in [-0.3, -0.25) is 4.79 Å². The number of rotatable bonds is 5. The van der Waals surface area contributed by atoms with Gasteiger partial charge in [-0.1, -0.05) is 18.2 Å². The first-order chi connectivity index (χ1) is 13.1. The second-order valence-electron chi connectivity index (χ2n) is 6.15. The minimum atomic E-state index is -0.687. The maximum absolute atomic E-state index is 12.4. The molecule has 0 saturated heterocycles. The summed E-state index contributed by atoms with van der Waals surface area (Å²) in [5.41, 5.74) is 2.10. The number of nitrogens with zero attached hydrogens (tertiary/aromatic N) is 1. The summed E-state index contributed by atoms with van der Waals surface area (Å²) in [6.07, 6.45) is 0. The Morgan fingerprint density at radius 2 is 2.00 bits per heavy atom. The van der Waals surface area contributed by atoms with Gasteiger partial charge in [0.25, 0.3) is 0 Å². The number of aliphatic hydroxyl groups excluding tert-OH is 1. The number of hydrogen-bond acceptors (Lipinski definition) is 6. The quantitative estimate of drug-likeness (QED) is 0.527. The van der Waals surface area contributed by atoms with Crippen molar-refractivity contribution in [2.24, 2.45) is 0 Å². The van der Waals surface area contributed by atoms with Crippen LogP contribution in [0.2, 0.25) is 0 Å². The number of para-hydroxylation sites is 1. The zero-order valence-corrected chi connectivity index (χ0v) is 14.5. The van der Waals surface area contributed by atoms with E-state index in [9.17, 15) is 14.7 Å². The lowest BCUT2D eigenvalue weighted by Crippen LogP contribution is -2.13. The SMILES string of the molecule is CC(=O)COC(=O)c1cc2c([nH]c3ccccc32)c(-c2ccc(CO)o2)n1. The molecule has 0 aliphatic rings. The van der Waals surface area contributed by atoms with Crippen molar-refractivity contribution in [1.82, 2.24) is 9.97 Å². The van der Waals surface area contributed by atoms with E-state index in [-0.39, 0.29) is 24.7 Å². The predicted octanol–water partition coefficient (Wildman–Crippen LogP) is 3.21. The van der Waals surface area contributed by atoms with Gasteiger partial charge in [0, 0.05) is 16.3 Å². The van der Waals surface area contributed by atoms with Crippen LogP contribution in [0.4, 0.5) is 0 Å². The van der Waals surface area contributed by atoms with Gasteiger partial charge in [0.1, 0.15) is 30.4 Å². The fraction of sp³-hybridized carbons (Fsp3) is 0.150. The summed E-state index contributed by atoms with van der Waals surface area (Å²) in [7, 11) is 0. The van der Waals surface area contributed by atoms with E-state index in [4.69, 9.17) is 9.15 Å². The van der Waals surface area contributed by atoms with Gasteiger partial charge in [-0.25, -0.2) is 9.78 Å². The lowest BCUT2D eigenvalue weighted by molar-refractivity contribution is -0.120. The smallest absolute Gasteiger partial charge is 0.357 e. The number of furan rings is 1. The van der Waals surface area contributed by atoms with Crippen LogP contribution in [0.5, 0.6) is 0 Å². The van der Waals surface area contributed by atoms with Crippen LogP contribution in [0.15, 0.2) is 46.9 Å². The highest BCUT2D eigenvalue weighted by molar-refractivity contribution is 6.12. The van der Waals surface area contributed by atoms with Gasteiger partial charge in [0.05, 0.1) is 5.52 Å². The Bertz CT molecular complexity index is 1170. The van der Waals surface area contributed by atoms with E-state index in [1.807, 2.05) is 24.3 Å². The Labute approximate surface area is 153 Å². The van der Waals surface area contributed by atoms with Crippen molar-refractivity contribution in [2.45, 2.75) is 13.5 Å². The number of benzene rings is 1. The first-order valence-electron chi connectivity index (χ1n) is 8.35. The molecule has 3 heterocycles. The van der Waals surface area contributed by atoms with Crippen LogP contribution in [0.25, 0.3) is 33.3 Å². The van der Waals surface area contributed by atoms with Gasteiger partial charge >= 0.3 is 5.97 Å². The molecule has 2 N–H and O–H groups in total. The lowest BCUT2D eigenvalue weighted by atomic mass is 10.1. The highest BCUT2D eigenvalue weighted by atomic mass is 16.5. The monoisotopic (exact) mass is 364 g/mol. The molecule has 0 atom stereocenters. The summed E-state index contributed by atoms with van der Waals surface area (Å²) in [5.74, 6) is -0.139. The van der Waals surface area contributed by atoms with Crippen molar-refractivity contribution >= 4 is 33.6 Å². The summed E-state index contributed by atoms with van der Waals surface area (Å²) in [4.78, 5) is 31.2. The first-order valence-corrected chi connectivity index (χ1v) is 8.35. The molecule has 1 aromatic carbocycles. The number of nitrogens with one attached hydrogen (secondary N) is 1. The van der Waals surface area contributed by atoms with E-state index in [1.54, 1.807) is 18.2 Å². The van der Waals surface area contributed by atoms with Gasteiger partial charge in [-0.05, 0) is 31.2 Å². The molecule has 0 spiro atoms. The number of aromatic amines is 1. The van der Waals surface area contributed by atoms with Gasteiger partial charge < -0.3 is 19.2 Å². The number of fused-ring (bicyclic) bond motifs is 3. The van der Waals surface area contributed by atoms with Crippen molar-refractivity contribution in [3.05, 3.63) is 53.9 Å². The molecule has 3 aromatic heterocycles. The molecule has 0 radical (unpaired) electrons. The molecule has 136 valence electrons. The fourth-order valence-corrected chi connectivity index (χ4v) is 2.96. The Morgan fingerprint density at radius 1 is 1.19 bits per heavy atom. The van der Waals surface area contributed by atoms with E-state index in [1.165, 1.54) is 6.92 Å². The second kappa shape index (κ2) is 6.69. The van der Waals surface area contributed by atoms with E-state index >= 15 is 0 Å². The molecule has 0 bridgehead atoms. The minimum absolute atomic E-state index is 0.0745. The number of hydrogen-bond donors (Lipinski definition) is 2. The van der Waals surface area contributed by atoms with Gasteiger partial charge in [-0.15, -0.1) is 0 Å². The van der Waals surface area contributed by atoms with Crippen molar-refractivity contribution in [3.8, 4) is 11.5 Å². The van der Waals surface area contributed by atoms with Crippen molar-refractivity contribution in [3.63, 3.8) is 0 Å².